The van der Waals surface area contributed by atoms with Crippen molar-refractivity contribution in [3.63, 3.8) is 0 Å². The van der Waals surface area contributed by atoms with Crippen LogP contribution >= 0.6 is 33.9 Å². The van der Waals surface area contributed by atoms with Gasteiger partial charge in [0.25, 0.3) is 11.8 Å². The number of nitrogens with two attached hydrogens (primary N) is 1. The number of amides is 2. The molecule has 0 saturated carbocycles. The second-order valence-electron chi connectivity index (χ2n) is 6.30. The van der Waals surface area contributed by atoms with E-state index in [0.717, 1.165) is 25.1 Å². The molecule has 0 aliphatic rings. The van der Waals surface area contributed by atoms with Crippen LogP contribution in [0.25, 0.3) is 0 Å². The molecule has 0 aliphatic carbocycles. The number of hydrogen-bond donors (Lipinski definition) is 2. The summed E-state index contributed by atoms with van der Waals surface area (Å²) in [6.45, 7) is 3.87. The molecule has 1 aromatic heterocycles. The van der Waals surface area contributed by atoms with Crippen LogP contribution in [-0.2, 0) is 6.42 Å². The topological polar surface area (TPSA) is 72.2 Å². The van der Waals surface area contributed by atoms with E-state index in [0.29, 0.717) is 22.5 Å². The summed E-state index contributed by atoms with van der Waals surface area (Å²) < 4.78 is 1.02. The zero-order valence-electron chi connectivity index (χ0n) is 15.0. The maximum atomic E-state index is 12.7. The van der Waals surface area contributed by atoms with Crippen LogP contribution in [0.4, 0.5) is 5.00 Å². The monoisotopic (exact) mass is 490 g/mol. The Balaban J connectivity index is 1.92. The molecule has 6 heteroatoms. The summed E-state index contributed by atoms with van der Waals surface area (Å²) in [4.78, 5) is 25.7. The lowest BCUT2D eigenvalue weighted by molar-refractivity contribution is 0.100. The minimum atomic E-state index is -0.531. The van der Waals surface area contributed by atoms with Gasteiger partial charge in [-0.2, -0.15) is 0 Å². The molecule has 0 bridgehead atoms. The Morgan fingerprint density at radius 3 is 2.44 bits per heavy atom. The second-order valence-corrected chi connectivity index (χ2v) is 8.57. The predicted octanol–water partition coefficient (Wildman–Crippen LogP) is 4.91. The van der Waals surface area contributed by atoms with Crippen molar-refractivity contribution in [3.8, 4) is 0 Å². The Kier molecular flexibility index (Phi) is 5.96. The van der Waals surface area contributed by atoms with E-state index in [4.69, 9.17) is 5.73 Å². The van der Waals surface area contributed by atoms with Crippen LogP contribution in [-0.4, -0.2) is 11.8 Å². The standard InChI is InChI=1S/C21H19IN2O2S/c1-12-8-9-15(11-16(12)22)20(26)24-21-18(19(23)25)13(2)17(27-21)10-14-6-4-3-5-7-14/h3-9,11H,10H2,1-2H3,(H2,23,25)(H,24,26). The fourth-order valence-electron chi connectivity index (χ4n) is 2.80. The second kappa shape index (κ2) is 8.22. The number of primary amides is 1. The number of benzene rings is 2. The number of hydrogen-bond acceptors (Lipinski definition) is 3. The van der Waals surface area contributed by atoms with Gasteiger partial charge < -0.3 is 11.1 Å². The number of carbonyl (C=O) groups excluding carboxylic acids is 2. The Bertz CT molecular complexity index is 1010. The average Bonchev–Trinajstić information content (AvgIpc) is 2.93. The Morgan fingerprint density at radius 2 is 1.81 bits per heavy atom. The van der Waals surface area contributed by atoms with E-state index in [1.54, 1.807) is 6.07 Å². The number of halogens is 1. The van der Waals surface area contributed by atoms with Crippen LogP contribution in [0.1, 0.15) is 42.3 Å². The molecule has 0 radical (unpaired) electrons. The molecule has 3 rings (SSSR count). The van der Waals surface area contributed by atoms with Crippen molar-refractivity contribution in [2.75, 3.05) is 5.32 Å². The van der Waals surface area contributed by atoms with E-state index >= 15 is 0 Å². The van der Waals surface area contributed by atoms with Gasteiger partial charge in [0.15, 0.2) is 0 Å². The van der Waals surface area contributed by atoms with Crippen LogP contribution < -0.4 is 11.1 Å². The third-order valence-corrected chi connectivity index (χ3v) is 6.73. The first-order chi connectivity index (χ1) is 12.9. The number of rotatable bonds is 5. The Hall–Kier alpha value is -2.19. The summed E-state index contributed by atoms with van der Waals surface area (Å²) in [5.41, 5.74) is 9.62. The zero-order valence-corrected chi connectivity index (χ0v) is 18.0. The van der Waals surface area contributed by atoms with E-state index in [-0.39, 0.29) is 5.91 Å². The van der Waals surface area contributed by atoms with Crippen LogP contribution in [0.5, 0.6) is 0 Å². The fourth-order valence-corrected chi connectivity index (χ4v) is 4.56. The summed E-state index contributed by atoms with van der Waals surface area (Å²) >= 11 is 3.61. The minimum Gasteiger partial charge on any atom is -0.365 e. The Morgan fingerprint density at radius 1 is 1.11 bits per heavy atom. The van der Waals surface area contributed by atoms with Crippen LogP contribution in [0.15, 0.2) is 48.5 Å². The number of aryl methyl sites for hydroxylation is 1. The number of carbonyl (C=O) groups is 2. The summed E-state index contributed by atoms with van der Waals surface area (Å²) in [5, 5.41) is 3.38. The SMILES string of the molecule is Cc1ccc(C(=O)Nc2sc(Cc3ccccc3)c(C)c2C(N)=O)cc1I. The molecule has 0 saturated heterocycles. The van der Waals surface area contributed by atoms with E-state index in [2.05, 4.69) is 27.9 Å². The maximum Gasteiger partial charge on any atom is 0.256 e. The highest BCUT2D eigenvalue weighted by Gasteiger charge is 2.21. The van der Waals surface area contributed by atoms with Crippen LogP contribution in [0.3, 0.4) is 0 Å². The maximum absolute atomic E-state index is 12.7. The summed E-state index contributed by atoms with van der Waals surface area (Å²) in [6.07, 6.45) is 0.690. The van der Waals surface area contributed by atoms with Crippen molar-refractivity contribution in [3.05, 3.63) is 84.8 Å². The molecule has 0 fully saturated rings. The molecule has 3 N–H and O–H groups in total. The lowest BCUT2D eigenvalue weighted by Gasteiger charge is -2.06. The van der Waals surface area contributed by atoms with Gasteiger partial charge in [0.1, 0.15) is 5.00 Å². The third-order valence-electron chi connectivity index (χ3n) is 4.36. The first-order valence-electron chi connectivity index (χ1n) is 8.40. The van der Waals surface area contributed by atoms with Crippen molar-refractivity contribution in [1.29, 1.82) is 0 Å². The van der Waals surface area contributed by atoms with Gasteiger partial charge >= 0.3 is 0 Å². The number of thiophene rings is 1. The molecule has 0 aliphatic heterocycles. The molecule has 138 valence electrons. The minimum absolute atomic E-state index is 0.247. The van der Waals surface area contributed by atoms with Gasteiger partial charge in [-0.3, -0.25) is 9.59 Å². The summed E-state index contributed by atoms with van der Waals surface area (Å²) in [7, 11) is 0. The van der Waals surface area contributed by atoms with Crippen molar-refractivity contribution in [2.45, 2.75) is 20.3 Å². The van der Waals surface area contributed by atoms with Crippen LogP contribution in [0.2, 0.25) is 0 Å². The molecule has 2 amide bonds. The van der Waals surface area contributed by atoms with Gasteiger partial charge in [-0.15, -0.1) is 11.3 Å². The largest absolute Gasteiger partial charge is 0.365 e. The third kappa shape index (κ3) is 4.39. The summed E-state index contributed by atoms with van der Waals surface area (Å²) in [6, 6.07) is 15.5. The molecular weight excluding hydrogens is 471 g/mol. The van der Waals surface area contributed by atoms with E-state index in [1.807, 2.05) is 56.3 Å². The zero-order chi connectivity index (χ0) is 19.6. The molecule has 1 heterocycles. The van der Waals surface area contributed by atoms with Gasteiger partial charge in [0.2, 0.25) is 0 Å². The first-order valence-corrected chi connectivity index (χ1v) is 10.3. The van der Waals surface area contributed by atoms with E-state index < -0.39 is 5.91 Å². The molecule has 4 nitrogen and oxygen atoms in total. The average molecular weight is 490 g/mol. The number of anilines is 1. The molecule has 0 atom stereocenters. The van der Waals surface area contributed by atoms with Gasteiger partial charge in [-0.25, -0.2) is 0 Å². The quantitative estimate of drug-likeness (QED) is 0.499. The molecule has 2 aromatic carbocycles. The van der Waals surface area contributed by atoms with Crippen molar-refractivity contribution in [1.82, 2.24) is 0 Å². The summed E-state index contributed by atoms with van der Waals surface area (Å²) in [5.74, 6) is -0.778. The molecule has 0 unspecified atom stereocenters. The fraction of sp³-hybridized carbons (Fsp3) is 0.143. The normalized spacial score (nSPS) is 10.6. The predicted molar refractivity (Wildman–Crippen MR) is 119 cm³/mol. The van der Waals surface area contributed by atoms with Crippen molar-refractivity contribution >= 4 is 50.7 Å². The molecule has 27 heavy (non-hydrogen) atoms. The highest BCUT2D eigenvalue weighted by atomic mass is 127. The lowest BCUT2D eigenvalue weighted by Crippen LogP contribution is -2.17. The van der Waals surface area contributed by atoms with Gasteiger partial charge in [-0.1, -0.05) is 36.4 Å². The van der Waals surface area contributed by atoms with Gasteiger partial charge in [0, 0.05) is 20.4 Å². The highest BCUT2D eigenvalue weighted by molar-refractivity contribution is 14.1. The van der Waals surface area contributed by atoms with E-state index in [1.165, 1.54) is 11.3 Å². The molecular formula is C21H19IN2O2S. The van der Waals surface area contributed by atoms with Crippen molar-refractivity contribution < 1.29 is 9.59 Å². The van der Waals surface area contributed by atoms with Crippen molar-refractivity contribution in [2.24, 2.45) is 5.73 Å². The van der Waals surface area contributed by atoms with Gasteiger partial charge in [-0.05, 0) is 65.3 Å². The van der Waals surface area contributed by atoms with E-state index in [9.17, 15) is 9.59 Å². The number of nitrogens with one attached hydrogen (secondary N) is 1. The smallest absolute Gasteiger partial charge is 0.256 e. The lowest BCUT2D eigenvalue weighted by atomic mass is 10.1. The first kappa shape index (κ1) is 19.6. The highest BCUT2D eigenvalue weighted by Crippen LogP contribution is 2.34. The Labute approximate surface area is 175 Å². The molecule has 0 spiro atoms. The molecule has 3 aromatic rings. The van der Waals surface area contributed by atoms with Crippen LogP contribution in [0, 0.1) is 17.4 Å². The van der Waals surface area contributed by atoms with Gasteiger partial charge in [0.05, 0.1) is 5.56 Å².